The second kappa shape index (κ2) is 9.97. The van der Waals surface area contributed by atoms with Gasteiger partial charge in [0.15, 0.2) is 0 Å². The van der Waals surface area contributed by atoms with Gasteiger partial charge >= 0.3 is 0 Å². The zero-order valence-corrected chi connectivity index (χ0v) is 16.8. The summed E-state index contributed by atoms with van der Waals surface area (Å²) in [6.07, 6.45) is 0. The molecule has 2 amide bonds. The molecule has 0 unspecified atom stereocenters. The Morgan fingerprint density at radius 1 is 1.07 bits per heavy atom. The fraction of sp³-hybridized carbons (Fsp3) is 0.556. The van der Waals surface area contributed by atoms with Crippen LogP contribution in [-0.4, -0.2) is 97.0 Å². The number of nitro groups is 1. The van der Waals surface area contributed by atoms with E-state index in [9.17, 15) is 19.7 Å². The first kappa shape index (κ1) is 21.4. The highest BCUT2D eigenvalue weighted by Gasteiger charge is 2.25. The monoisotopic (exact) mass is 425 g/mol. The number of amides is 2. The van der Waals surface area contributed by atoms with Gasteiger partial charge in [0.1, 0.15) is 5.69 Å². The summed E-state index contributed by atoms with van der Waals surface area (Å²) in [5, 5.41) is 13.9. The number of rotatable bonds is 6. The SMILES string of the molecule is O=C(CN1CCN(C(=O)CN2CCOCC2)CC1)Nc1ccc(Cl)cc1[N+](=O)[O-]. The molecule has 1 aromatic rings. The first-order valence-electron chi connectivity index (χ1n) is 9.46. The van der Waals surface area contributed by atoms with Crippen LogP contribution in [0.4, 0.5) is 11.4 Å². The van der Waals surface area contributed by atoms with Gasteiger partial charge in [-0.15, -0.1) is 0 Å². The fourth-order valence-corrected chi connectivity index (χ4v) is 3.53. The van der Waals surface area contributed by atoms with Crippen molar-refractivity contribution in [3.8, 4) is 0 Å². The standard InChI is InChI=1S/C18H24ClN5O5/c19-14-1-2-15(16(11-14)24(27)28)20-17(25)12-21-3-5-23(6-4-21)18(26)13-22-7-9-29-10-8-22/h1-2,11H,3-10,12-13H2,(H,20,25). The number of anilines is 1. The predicted molar refractivity (Wildman–Crippen MR) is 107 cm³/mol. The minimum Gasteiger partial charge on any atom is -0.379 e. The van der Waals surface area contributed by atoms with Gasteiger partial charge in [-0.05, 0) is 12.1 Å². The highest BCUT2D eigenvalue weighted by molar-refractivity contribution is 6.31. The summed E-state index contributed by atoms with van der Waals surface area (Å²) in [5.74, 6) is -0.253. The molecule has 1 N–H and O–H groups in total. The van der Waals surface area contributed by atoms with E-state index in [0.717, 1.165) is 13.1 Å². The number of morpholine rings is 1. The number of halogens is 1. The number of hydrogen-bond acceptors (Lipinski definition) is 7. The average Bonchev–Trinajstić information content (AvgIpc) is 2.70. The first-order valence-corrected chi connectivity index (χ1v) is 9.84. The number of nitro benzene ring substituents is 1. The lowest BCUT2D eigenvalue weighted by Crippen LogP contribution is -2.53. The van der Waals surface area contributed by atoms with Crippen LogP contribution in [0.25, 0.3) is 0 Å². The molecule has 0 aliphatic carbocycles. The van der Waals surface area contributed by atoms with Gasteiger partial charge in [0.25, 0.3) is 5.69 Å². The third kappa shape index (κ3) is 6.10. The summed E-state index contributed by atoms with van der Waals surface area (Å²) in [4.78, 5) is 41.1. The van der Waals surface area contributed by atoms with Crippen molar-refractivity contribution in [1.82, 2.24) is 14.7 Å². The van der Waals surface area contributed by atoms with E-state index in [1.54, 1.807) is 0 Å². The highest BCUT2D eigenvalue weighted by Crippen LogP contribution is 2.27. The normalized spacial score (nSPS) is 18.4. The van der Waals surface area contributed by atoms with Crippen molar-refractivity contribution >= 4 is 34.8 Å². The molecule has 0 aromatic heterocycles. The Hall–Kier alpha value is -2.27. The van der Waals surface area contributed by atoms with Crippen molar-refractivity contribution < 1.29 is 19.2 Å². The second-order valence-corrected chi connectivity index (χ2v) is 7.45. The maximum absolute atomic E-state index is 12.4. The second-order valence-electron chi connectivity index (χ2n) is 7.01. The fourth-order valence-electron chi connectivity index (χ4n) is 3.36. The van der Waals surface area contributed by atoms with Crippen molar-refractivity contribution in [3.63, 3.8) is 0 Å². The summed E-state index contributed by atoms with van der Waals surface area (Å²) in [5.41, 5.74) is -0.131. The summed E-state index contributed by atoms with van der Waals surface area (Å²) in [6, 6.07) is 4.11. The van der Waals surface area contributed by atoms with Crippen LogP contribution in [0, 0.1) is 10.1 Å². The predicted octanol–water partition coefficient (Wildman–Crippen LogP) is 0.663. The van der Waals surface area contributed by atoms with E-state index in [4.69, 9.17) is 16.3 Å². The number of piperazine rings is 1. The Bertz CT molecular complexity index is 763. The molecular weight excluding hydrogens is 402 g/mol. The minimum absolute atomic E-state index is 0.0905. The zero-order valence-electron chi connectivity index (χ0n) is 16.0. The van der Waals surface area contributed by atoms with Crippen LogP contribution in [0.2, 0.25) is 5.02 Å². The Morgan fingerprint density at radius 2 is 1.72 bits per heavy atom. The summed E-state index contributed by atoms with van der Waals surface area (Å²) in [6.45, 7) is 5.59. The topological polar surface area (TPSA) is 108 Å². The van der Waals surface area contributed by atoms with E-state index in [2.05, 4.69) is 10.2 Å². The highest BCUT2D eigenvalue weighted by atomic mass is 35.5. The Kier molecular flexibility index (Phi) is 7.37. The number of hydrogen-bond donors (Lipinski definition) is 1. The van der Waals surface area contributed by atoms with Crippen molar-refractivity contribution in [2.45, 2.75) is 0 Å². The Morgan fingerprint density at radius 3 is 2.38 bits per heavy atom. The van der Waals surface area contributed by atoms with Gasteiger partial charge in [0, 0.05) is 50.4 Å². The molecule has 2 fully saturated rings. The molecule has 10 nitrogen and oxygen atoms in total. The van der Waals surface area contributed by atoms with E-state index in [0.29, 0.717) is 45.9 Å². The summed E-state index contributed by atoms with van der Waals surface area (Å²) < 4.78 is 5.29. The van der Waals surface area contributed by atoms with Gasteiger partial charge < -0.3 is 15.0 Å². The smallest absolute Gasteiger partial charge is 0.294 e. The lowest BCUT2D eigenvalue weighted by molar-refractivity contribution is -0.383. The molecule has 0 spiro atoms. The van der Waals surface area contributed by atoms with Gasteiger partial charge in [-0.2, -0.15) is 0 Å². The maximum atomic E-state index is 12.4. The van der Waals surface area contributed by atoms with Gasteiger partial charge in [0.2, 0.25) is 11.8 Å². The van der Waals surface area contributed by atoms with Gasteiger partial charge in [-0.3, -0.25) is 29.5 Å². The molecule has 1 aromatic carbocycles. The van der Waals surface area contributed by atoms with Crippen LogP contribution < -0.4 is 5.32 Å². The third-order valence-electron chi connectivity index (χ3n) is 4.99. The Labute approximate surface area is 173 Å². The van der Waals surface area contributed by atoms with Crippen LogP contribution in [-0.2, 0) is 14.3 Å². The van der Waals surface area contributed by atoms with Crippen LogP contribution in [0.1, 0.15) is 0 Å². The molecule has 2 heterocycles. The number of carbonyl (C=O) groups excluding carboxylic acids is 2. The Balaban J connectivity index is 1.45. The van der Waals surface area contributed by atoms with E-state index in [1.807, 2.05) is 9.80 Å². The number of nitrogens with one attached hydrogen (secondary N) is 1. The lowest BCUT2D eigenvalue weighted by Gasteiger charge is -2.36. The van der Waals surface area contributed by atoms with E-state index in [1.165, 1.54) is 18.2 Å². The molecule has 158 valence electrons. The molecular formula is C18H24ClN5O5. The first-order chi connectivity index (χ1) is 13.9. The van der Waals surface area contributed by atoms with E-state index >= 15 is 0 Å². The molecule has 2 aliphatic rings. The molecule has 2 aliphatic heterocycles. The summed E-state index contributed by atoms with van der Waals surface area (Å²) >= 11 is 5.79. The number of nitrogens with zero attached hydrogens (tertiary/aromatic N) is 4. The molecule has 0 bridgehead atoms. The number of benzene rings is 1. The quantitative estimate of drug-likeness (QED) is 0.527. The van der Waals surface area contributed by atoms with Crippen molar-refractivity contribution in [1.29, 1.82) is 0 Å². The van der Waals surface area contributed by atoms with Gasteiger partial charge in [-0.25, -0.2) is 0 Å². The maximum Gasteiger partial charge on any atom is 0.294 e. The number of ether oxygens (including phenoxy) is 1. The third-order valence-corrected chi connectivity index (χ3v) is 5.22. The summed E-state index contributed by atoms with van der Waals surface area (Å²) in [7, 11) is 0. The van der Waals surface area contributed by atoms with Crippen LogP contribution >= 0.6 is 11.6 Å². The van der Waals surface area contributed by atoms with Crippen molar-refractivity contribution in [2.24, 2.45) is 0 Å². The zero-order chi connectivity index (χ0) is 20.8. The van der Waals surface area contributed by atoms with Crippen LogP contribution in [0.5, 0.6) is 0 Å². The largest absolute Gasteiger partial charge is 0.379 e. The van der Waals surface area contributed by atoms with Crippen molar-refractivity contribution in [3.05, 3.63) is 33.3 Å². The molecule has 0 radical (unpaired) electrons. The van der Waals surface area contributed by atoms with Crippen LogP contribution in [0.15, 0.2) is 18.2 Å². The molecule has 3 rings (SSSR count). The molecule has 0 saturated carbocycles. The number of carbonyl (C=O) groups is 2. The average molecular weight is 426 g/mol. The minimum atomic E-state index is -0.583. The molecule has 11 heteroatoms. The van der Waals surface area contributed by atoms with Gasteiger partial charge in [-0.1, -0.05) is 11.6 Å². The van der Waals surface area contributed by atoms with E-state index in [-0.39, 0.29) is 34.8 Å². The van der Waals surface area contributed by atoms with Gasteiger partial charge in [0.05, 0.1) is 31.2 Å². The molecule has 2 saturated heterocycles. The van der Waals surface area contributed by atoms with Crippen LogP contribution in [0.3, 0.4) is 0 Å². The molecule has 0 atom stereocenters. The lowest BCUT2D eigenvalue weighted by atomic mass is 10.2. The van der Waals surface area contributed by atoms with Crippen molar-refractivity contribution in [2.75, 3.05) is 70.9 Å². The van der Waals surface area contributed by atoms with E-state index < -0.39 is 4.92 Å². The molecule has 29 heavy (non-hydrogen) atoms.